The van der Waals surface area contributed by atoms with Crippen molar-refractivity contribution in [3.63, 3.8) is 0 Å². The number of hydrogen-bond acceptors (Lipinski definition) is 1. The molecule has 0 aliphatic heterocycles. The van der Waals surface area contributed by atoms with E-state index in [4.69, 9.17) is 0 Å². The zero-order chi connectivity index (χ0) is 14.8. The van der Waals surface area contributed by atoms with Crippen molar-refractivity contribution in [3.8, 4) is 0 Å². The summed E-state index contributed by atoms with van der Waals surface area (Å²) in [6.07, 6.45) is 0. The lowest BCUT2D eigenvalue weighted by atomic mass is 9.78. The second-order valence-corrected chi connectivity index (χ2v) is 5.75. The minimum Gasteiger partial charge on any atom is -0.326 e. The van der Waals surface area contributed by atoms with E-state index in [1.807, 2.05) is 12.1 Å². The lowest BCUT2D eigenvalue weighted by Crippen LogP contribution is -2.18. The molecule has 0 heterocycles. The van der Waals surface area contributed by atoms with Crippen LogP contribution in [0.25, 0.3) is 0 Å². The van der Waals surface area contributed by atoms with Crippen molar-refractivity contribution in [1.82, 2.24) is 0 Å². The number of benzene rings is 2. The first-order valence-corrected chi connectivity index (χ1v) is 6.85. The van der Waals surface area contributed by atoms with E-state index < -0.39 is 0 Å². The third-order valence-electron chi connectivity index (χ3n) is 3.70. The van der Waals surface area contributed by atoms with Gasteiger partial charge in [0.2, 0.25) is 5.91 Å². The molecule has 2 aromatic carbocycles. The lowest BCUT2D eigenvalue weighted by Gasteiger charge is -2.26. The van der Waals surface area contributed by atoms with Gasteiger partial charge in [-0.1, -0.05) is 55.8 Å². The molecule has 2 aromatic rings. The average molecular weight is 267 g/mol. The number of rotatable bonds is 3. The Morgan fingerprint density at radius 1 is 0.900 bits per heavy atom. The highest BCUT2D eigenvalue weighted by Gasteiger charge is 2.22. The topological polar surface area (TPSA) is 29.1 Å². The van der Waals surface area contributed by atoms with Crippen LogP contribution in [-0.4, -0.2) is 5.91 Å². The first-order valence-electron chi connectivity index (χ1n) is 6.85. The molecule has 0 aromatic heterocycles. The summed E-state index contributed by atoms with van der Waals surface area (Å²) in [5.41, 5.74) is 4.57. The highest BCUT2D eigenvalue weighted by atomic mass is 16.1. The summed E-state index contributed by atoms with van der Waals surface area (Å²) in [6.45, 7) is 8.04. The maximum atomic E-state index is 11.0. The van der Waals surface area contributed by atoms with Gasteiger partial charge >= 0.3 is 0 Å². The van der Waals surface area contributed by atoms with Gasteiger partial charge in [-0.15, -0.1) is 0 Å². The predicted octanol–water partition coefficient (Wildman–Crippen LogP) is 4.28. The van der Waals surface area contributed by atoms with Crippen LogP contribution >= 0.6 is 0 Å². The predicted molar refractivity (Wildman–Crippen MR) is 84.1 cm³/mol. The van der Waals surface area contributed by atoms with Crippen LogP contribution in [0.2, 0.25) is 0 Å². The molecule has 0 spiro atoms. The minimum absolute atomic E-state index is 0.0458. The Kier molecular flexibility index (Phi) is 3.93. The van der Waals surface area contributed by atoms with Gasteiger partial charge in [0.25, 0.3) is 0 Å². The summed E-state index contributed by atoms with van der Waals surface area (Å²) in [5, 5.41) is 2.79. The fraction of sp³-hybridized carbons (Fsp3) is 0.278. The molecule has 0 aliphatic carbocycles. The number of amides is 1. The Labute approximate surface area is 120 Å². The standard InChI is InChI=1S/C18H21NO/c1-13-5-7-15(8-6-13)18(3,4)16-9-11-17(12-10-16)19-14(2)20/h5-12H,1-4H3,(H,19,20). The monoisotopic (exact) mass is 267 g/mol. The van der Waals surface area contributed by atoms with Crippen LogP contribution in [0.15, 0.2) is 48.5 Å². The van der Waals surface area contributed by atoms with Crippen molar-refractivity contribution in [2.75, 3.05) is 5.32 Å². The highest BCUT2D eigenvalue weighted by Crippen LogP contribution is 2.32. The van der Waals surface area contributed by atoms with Gasteiger partial charge in [-0.05, 0) is 30.2 Å². The number of carbonyl (C=O) groups excluding carboxylic acids is 1. The molecule has 2 rings (SSSR count). The molecule has 1 amide bonds. The van der Waals surface area contributed by atoms with Gasteiger partial charge in [0, 0.05) is 18.0 Å². The van der Waals surface area contributed by atoms with E-state index in [1.165, 1.54) is 23.6 Å². The third kappa shape index (κ3) is 3.08. The maximum absolute atomic E-state index is 11.0. The Balaban J connectivity index is 2.29. The molecular formula is C18H21NO. The van der Waals surface area contributed by atoms with Crippen molar-refractivity contribution in [2.45, 2.75) is 33.1 Å². The van der Waals surface area contributed by atoms with Crippen LogP contribution in [0.4, 0.5) is 5.69 Å². The van der Waals surface area contributed by atoms with Gasteiger partial charge in [-0.3, -0.25) is 4.79 Å². The molecular weight excluding hydrogens is 246 g/mol. The molecule has 0 radical (unpaired) electrons. The van der Waals surface area contributed by atoms with Gasteiger partial charge in [0.15, 0.2) is 0 Å². The van der Waals surface area contributed by atoms with E-state index in [0.717, 1.165) is 5.69 Å². The molecule has 20 heavy (non-hydrogen) atoms. The third-order valence-corrected chi connectivity index (χ3v) is 3.70. The second kappa shape index (κ2) is 5.49. The minimum atomic E-state index is -0.0531. The molecule has 0 saturated heterocycles. The number of carbonyl (C=O) groups is 1. The average Bonchev–Trinajstić information content (AvgIpc) is 2.39. The van der Waals surface area contributed by atoms with Crippen LogP contribution in [0.3, 0.4) is 0 Å². The van der Waals surface area contributed by atoms with Crippen LogP contribution in [0.5, 0.6) is 0 Å². The van der Waals surface area contributed by atoms with Gasteiger partial charge in [0.05, 0.1) is 0 Å². The number of nitrogens with one attached hydrogen (secondary N) is 1. The Bertz CT molecular complexity index is 594. The zero-order valence-corrected chi connectivity index (χ0v) is 12.5. The van der Waals surface area contributed by atoms with Crippen molar-refractivity contribution in [2.24, 2.45) is 0 Å². The molecule has 104 valence electrons. The van der Waals surface area contributed by atoms with Crippen LogP contribution in [0.1, 0.15) is 37.5 Å². The van der Waals surface area contributed by atoms with E-state index in [2.05, 4.69) is 62.5 Å². The van der Waals surface area contributed by atoms with Crippen molar-refractivity contribution >= 4 is 11.6 Å². The SMILES string of the molecule is CC(=O)Nc1ccc(C(C)(C)c2ccc(C)cc2)cc1. The molecule has 1 N–H and O–H groups in total. The molecule has 2 nitrogen and oxygen atoms in total. The molecule has 0 bridgehead atoms. The Morgan fingerprint density at radius 2 is 1.35 bits per heavy atom. The smallest absolute Gasteiger partial charge is 0.221 e. The largest absolute Gasteiger partial charge is 0.326 e. The quantitative estimate of drug-likeness (QED) is 0.883. The van der Waals surface area contributed by atoms with Crippen LogP contribution < -0.4 is 5.32 Å². The van der Waals surface area contributed by atoms with E-state index >= 15 is 0 Å². The molecule has 0 atom stereocenters. The highest BCUT2D eigenvalue weighted by molar-refractivity contribution is 5.88. The maximum Gasteiger partial charge on any atom is 0.221 e. The van der Waals surface area contributed by atoms with Crippen molar-refractivity contribution < 1.29 is 4.79 Å². The van der Waals surface area contributed by atoms with Crippen molar-refractivity contribution in [1.29, 1.82) is 0 Å². The van der Waals surface area contributed by atoms with E-state index in [-0.39, 0.29) is 11.3 Å². The lowest BCUT2D eigenvalue weighted by molar-refractivity contribution is -0.114. The number of anilines is 1. The summed E-state index contributed by atoms with van der Waals surface area (Å²) < 4.78 is 0. The molecule has 0 saturated carbocycles. The van der Waals surface area contributed by atoms with Gasteiger partial charge in [0.1, 0.15) is 0 Å². The van der Waals surface area contributed by atoms with Gasteiger partial charge in [-0.25, -0.2) is 0 Å². The van der Waals surface area contributed by atoms with E-state index in [0.29, 0.717) is 0 Å². The van der Waals surface area contributed by atoms with Crippen LogP contribution in [0, 0.1) is 6.92 Å². The van der Waals surface area contributed by atoms with Crippen molar-refractivity contribution in [3.05, 3.63) is 65.2 Å². The summed E-state index contributed by atoms with van der Waals surface area (Å²) >= 11 is 0. The van der Waals surface area contributed by atoms with E-state index in [9.17, 15) is 4.79 Å². The second-order valence-electron chi connectivity index (χ2n) is 5.75. The number of hydrogen-bond donors (Lipinski definition) is 1. The fourth-order valence-corrected chi connectivity index (χ4v) is 2.31. The van der Waals surface area contributed by atoms with Gasteiger partial charge < -0.3 is 5.32 Å². The molecule has 0 unspecified atom stereocenters. The summed E-state index contributed by atoms with van der Waals surface area (Å²) in [7, 11) is 0. The normalized spacial score (nSPS) is 11.2. The number of aryl methyl sites for hydroxylation is 1. The molecule has 2 heteroatoms. The fourth-order valence-electron chi connectivity index (χ4n) is 2.31. The van der Waals surface area contributed by atoms with Crippen LogP contribution in [-0.2, 0) is 10.2 Å². The Hall–Kier alpha value is -2.09. The molecule has 0 aliphatic rings. The summed E-state index contributed by atoms with van der Waals surface area (Å²) in [5.74, 6) is -0.0458. The zero-order valence-electron chi connectivity index (χ0n) is 12.5. The first-order chi connectivity index (χ1) is 9.39. The van der Waals surface area contributed by atoms with E-state index in [1.54, 1.807) is 0 Å². The summed E-state index contributed by atoms with van der Waals surface area (Å²) in [4.78, 5) is 11.0. The first kappa shape index (κ1) is 14.3. The summed E-state index contributed by atoms with van der Waals surface area (Å²) in [6, 6.07) is 16.7. The Morgan fingerprint density at radius 3 is 1.80 bits per heavy atom. The molecule has 0 fully saturated rings. The van der Waals surface area contributed by atoms with Gasteiger partial charge in [-0.2, -0.15) is 0 Å².